The molecule has 2 atom stereocenters. The standard InChI is InChI=1S/C7H11O2/c1-4-7(9)5(2)6(3)8/h4-6,8H,1,3H2,2H3. The van der Waals surface area contributed by atoms with Gasteiger partial charge in [0.1, 0.15) is 0 Å². The molecular weight excluding hydrogens is 116 g/mol. The van der Waals surface area contributed by atoms with Gasteiger partial charge in [0.2, 0.25) is 0 Å². The number of aliphatic hydroxyl groups excluding tert-OH is 1. The first-order valence-electron chi connectivity index (χ1n) is 2.77. The van der Waals surface area contributed by atoms with Gasteiger partial charge in [-0.1, -0.05) is 13.5 Å². The largest absolute Gasteiger partial charge is 0.392 e. The fourth-order valence-corrected chi connectivity index (χ4v) is 0.376. The van der Waals surface area contributed by atoms with Crippen molar-refractivity contribution in [2.45, 2.75) is 13.0 Å². The van der Waals surface area contributed by atoms with Gasteiger partial charge in [0.15, 0.2) is 5.78 Å². The third-order valence-corrected chi connectivity index (χ3v) is 1.23. The van der Waals surface area contributed by atoms with Crippen LogP contribution in [0, 0.1) is 12.8 Å². The zero-order chi connectivity index (χ0) is 7.44. The van der Waals surface area contributed by atoms with Crippen molar-refractivity contribution in [3.05, 3.63) is 19.6 Å². The van der Waals surface area contributed by atoms with E-state index in [1.54, 1.807) is 6.92 Å². The van der Waals surface area contributed by atoms with Crippen molar-refractivity contribution in [1.82, 2.24) is 0 Å². The molecule has 9 heavy (non-hydrogen) atoms. The van der Waals surface area contributed by atoms with Crippen LogP contribution in [0.2, 0.25) is 0 Å². The topological polar surface area (TPSA) is 37.3 Å². The van der Waals surface area contributed by atoms with Gasteiger partial charge in [-0.2, -0.15) is 0 Å². The van der Waals surface area contributed by atoms with Gasteiger partial charge in [-0.05, 0) is 13.0 Å². The smallest absolute Gasteiger partial charge is 0.160 e. The lowest BCUT2D eigenvalue weighted by Crippen LogP contribution is -2.20. The molecule has 0 aliphatic carbocycles. The van der Waals surface area contributed by atoms with E-state index in [-0.39, 0.29) is 5.78 Å². The molecule has 1 radical (unpaired) electrons. The Hall–Kier alpha value is -0.630. The van der Waals surface area contributed by atoms with Gasteiger partial charge in [-0.15, -0.1) is 0 Å². The summed E-state index contributed by atoms with van der Waals surface area (Å²) in [7, 11) is 0. The van der Waals surface area contributed by atoms with Gasteiger partial charge in [0, 0.05) is 5.92 Å². The fraction of sp³-hybridized carbons (Fsp3) is 0.429. The van der Waals surface area contributed by atoms with Crippen molar-refractivity contribution in [3.8, 4) is 0 Å². The number of allylic oxidation sites excluding steroid dienone is 1. The first kappa shape index (κ1) is 8.37. The van der Waals surface area contributed by atoms with E-state index >= 15 is 0 Å². The minimum absolute atomic E-state index is 0.169. The van der Waals surface area contributed by atoms with Gasteiger partial charge in [-0.3, -0.25) is 4.79 Å². The molecule has 51 valence electrons. The summed E-state index contributed by atoms with van der Waals surface area (Å²) in [6.07, 6.45) is 0.370. The van der Waals surface area contributed by atoms with E-state index in [0.717, 1.165) is 0 Å². The Balaban J connectivity index is 3.87. The number of carbonyl (C=O) groups is 1. The quantitative estimate of drug-likeness (QED) is 0.563. The van der Waals surface area contributed by atoms with Crippen molar-refractivity contribution in [2.24, 2.45) is 5.92 Å². The molecule has 0 aromatic heterocycles. The molecule has 2 unspecified atom stereocenters. The van der Waals surface area contributed by atoms with Crippen LogP contribution in [-0.2, 0) is 4.79 Å². The average molecular weight is 127 g/mol. The Morgan fingerprint density at radius 2 is 2.22 bits per heavy atom. The molecule has 0 fully saturated rings. The lowest BCUT2D eigenvalue weighted by Gasteiger charge is -2.08. The Morgan fingerprint density at radius 3 is 2.33 bits per heavy atom. The summed E-state index contributed by atoms with van der Waals surface area (Å²) < 4.78 is 0. The molecule has 0 aliphatic rings. The molecule has 0 aromatic rings. The first-order chi connectivity index (χ1) is 4.09. The van der Waals surface area contributed by atoms with Crippen molar-refractivity contribution in [1.29, 1.82) is 0 Å². The monoisotopic (exact) mass is 127 g/mol. The summed E-state index contributed by atoms with van der Waals surface area (Å²) in [5.74, 6) is -0.597. The Kier molecular flexibility index (Phi) is 3.17. The zero-order valence-electron chi connectivity index (χ0n) is 5.50. The highest BCUT2D eigenvalue weighted by Gasteiger charge is 2.14. The van der Waals surface area contributed by atoms with Gasteiger partial charge in [0.05, 0.1) is 6.10 Å². The second kappa shape index (κ2) is 3.41. The van der Waals surface area contributed by atoms with Crippen LogP contribution in [-0.4, -0.2) is 17.0 Å². The second-order valence-electron chi connectivity index (χ2n) is 1.96. The van der Waals surface area contributed by atoms with Crippen LogP contribution in [0.1, 0.15) is 6.92 Å². The van der Waals surface area contributed by atoms with Crippen LogP contribution in [0.4, 0.5) is 0 Å². The average Bonchev–Trinajstić information content (AvgIpc) is 1.84. The fourth-order valence-electron chi connectivity index (χ4n) is 0.376. The highest BCUT2D eigenvalue weighted by atomic mass is 16.3. The zero-order valence-corrected chi connectivity index (χ0v) is 5.50. The van der Waals surface area contributed by atoms with Crippen LogP contribution in [0.3, 0.4) is 0 Å². The molecule has 0 heterocycles. The van der Waals surface area contributed by atoms with Crippen LogP contribution < -0.4 is 0 Å². The molecule has 0 bridgehead atoms. The molecule has 1 N–H and O–H groups in total. The summed E-state index contributed by atoms with van der Waals surface area (Å²) in [6, 6.07) is 0. The maximum atomic E-state index is 10.6. The SMILES string of the molecule is [CH2]C(O)C(C)C(=O)C=C. The highest BCUT2D eigenvalue weighted by Crippen LogP contribution is 2.02. The van der Waals surface area contributed by atoms with Gasteiger partial charge in [0.25, 0.3) is 0 Å². The predicted molar refractivity (Wildman–Crippen MR) is 35.7 cm³/mol. The molecule has 0 spiro atoms. The number of aliphatic hydroxyl groups is 1. The number of carbonyl (C=O) groups excluding carboxylic acids is 1. The maximum absolute atomic E-state index is 10.6. The molecule has 0 saturated heterocycles. The number of ketones is 1. The summed E-state index contributed by atoms with van der Waals surface area (Å²) in [5, 5.41) is 8.74. The molecule has 0 aliphatic heterocycles. The van der Waals surface area contributed by atoms with Crippen LogP contribution in [0.5, 0.6) is 0 Å². The van der Waals surface area contributed by atoms with Crippen LogP contribution >= 0.6 is 0 Å². The van der Waals surface area contributed by atoms with Gasteiger partial charge < -0.3 is 5.11 Å². The van der Waals surface area contributed by atoms with Crippen molar-refractivity contribution in [3.63, 3.8) is 0 Å². The van der Waals surface area contributed by atoms with Crippen molar-refractivity contribution in [2.75, 3.05) is 0 Å². The first-order valence-corrected chi connectivity index (χ1v) is 2.77. The van der Waals surface area contributed by atoms with Crippen LogP contribution in [0.15, 0.2) is 12.7 Å². The predicted octanol–water partition coefficient (Wildman–Crippen LogP) is 0.573. The van der Waals surface area contributed by atoms with Crippen molar-refractivity contribution >= 4 is 5.78 Å². The third kappa shape index (κ3) is 2.42. The third-order valence-electron chi connectivity index (χ3n) is 1.23. The van der Waals surface area contributed by atoms with Gasteiger partial charge >= 0.3 is 0 Å². The lowest BCUT2D eigenvalue weighted by molar-refractivity contribution is -0.119. The van der Waals surface area contributed by atoms with E-state index in [9.17, 15) is 4.79 Å². The van der Waals surface area contributed by atoms with E-state index in [1.807, 2.05) is 0 Å². The van der Waals surface area contributed by atoms with Crippen molar-refractivity contribution < 1.29 is 9.90 Å². The lowest BCUT2D eigenvalue weighted by atomic mass is 10.0. The summed E-state index contributed by atoms with van der Waals surface area (Å²) in [4.78, 5) is 10.6. The Morgan fingerprint density at radius 1 is 1.78 bits per heavy atom. The summed E-state index contributed by atoms with van der Waals surface area (Å²) >= 11 is 0. The van der Waals surface area contributed by atoms with E-state index in [1.165, 1.54) is 6.08 Å². The van der Waals surface area contributed by atoms with E-state index in [0.29, 0.717) is 0 Å². The number of rotatable bonds is 3. The molecule has 0 aromatic carbocycles. The van der Waals surface area contributed by atoms with Crippen LogP contribution in [0.25, 0.3) is 0 Å². The summed E-state index contributed by atoms with van der Waals surface area (Å²) in [5.41, 5.74) is 0. The summed E-state index contributed by atoms with van der Waals surface area (Å²) in [6.45, 7) is 8.18. The Labute approximate surface area is 55.2 Å². The molecule has 0 amide bonds. The van der Waals surface area contributed by atoms with Gasteiger partial charge in [-0.25, -0.2) is 0 Å². The molecule has 2 heteroatoms. The minimum Gasteiger partial charge on any atom is -0.392 e. The Bertz CT molecular complexity index is 116. The minimum atomic E-state index is -0.824. The molecule has 2 nitrogen and oxygen atoms in total. The molecule has 0 rings (SSSR count). The highest BCUT2D eigenvalue weighted by molar-refractivity contribution is 5.91. The molecule has 0 saturated carbocycles. The normalized spacial score (nSPS) is 16.3. The van der Waals surface area contributed by atoms with E-state index in [4.69, 9.17) is 5.11 Å². The maximum Gasteiger partial charge on any atom is 0.160 e. The van der Waals surface area contributed by atoms with E-state index in [2.05, 4.69) is 13.5 Å². The second-order valence-corrected chi connectivity index (χ2v) is 1.96. The molecular formula is C7H11O2. The number of hydrogen-bond acceptors (Lipinski definition) is 2. The number of hydrogen-bond donors (Lipinski definition) is 1. The van der Waals surface area contributed by atoms with E-state index < -0.39 is 12.0 Å².